The van der Waals surface area contributed by atoms with Gasteiger partial charge in [0.2, 0.25) is 0 Å². The number of ether oxygens (including phenoxy) is 2. The van der Waals surface area contributed by atoms with Gasteiger partial charge in [0.25, 0.3) is 0 Å². The second kappa shape index (κ2) is 15.3. The highest BCUT2D eigenvalue weighted by molar-refractivity contribution is 5.69. The third-order valence-electron chi connectivity index (χ3n) is 9.41. The van der Waals surface area contributed by atoms with Crippen LogP contribution in [-0.4, -0.2) is 19.4 Å². The fourth-order valence-corrected chi connectivity index (χ4v) is 6.87. The van der Waals surface area contributed by atoms with Gasteiger partial charge in [0, 0.05) is 11.1 Å². The van der Waals surface area contributed by atoms with Gasteiger partial charge in [-0.15, -0.1) is 0 Å². The number of benzene rings is 2. The van der Waals surface area contributed by atoms with E-state index in [1.54, 1.807) is 0 Å². The fraction of sp³-hybridized carbons (Fsp3) is 0.676. The van der Waals surface area contributed by atoms with E-state index in [4.69, 9.17) is 9.47 Å². The van der Waals surface area contributed by atoms with E-state index in [0.717, 1.165) is 49.6 Å². The van der Waals surface area contributed by atoms with Crippen molar-refractivity contribution in [3.05, 3.63) is 54.6 Å². The molecule has 1 aliphatic heterocycles. The minimum Gasteiger partial charge on any atom is -0.491 e. The van der Waals surface area contributed by atoms with Crippen LogP contribution in [0.2, 0.25) is 0 Å². The highest BCUT2D eigenvalue weighted by atomic mass is 16.5. The van der Waals surface area contributed by atoms with Gasteiger partial charge in [-0.1, -0.05) is 137 Å². The zero-order valence-electron chi connectivity index (χ0n) is 26.9. The molecule has 1 aliphatic rings. The smallest absolute Gasteiger partial charge is 0.143 e. The van der Waals surface area contributed by atoms with Crippen LogP contribution < -0.4 is 9.64 Å². The van der Waals surface area contributed by atoms with E-state index in [1.165, 1.54) is 57.8 Å². The predicted octanol–water partition coefficient (Wildman–Crippen LogP) is 11.3. The Morgan fingerprint density at radius 1 is 0.750 bits per heavy atom. The lowest BCUT2D eigenvalue weighted by Gasteiger charge is -2.57. The summed E-state index contributed by atoms with van der Waals surface area (Å²) in [5.74, 6) is 0.953. The van der Waals surface area contributed by atoms with Gasteiger partial charge in [-0.3, -0.25) is 0 Å². The molecule has 1 heterocycles. The van der Waals surface area contributed by atoms with Crippen LogP contribution in [-0.2, 0) is 4.74 Å². The van der Waals surface area contributed by atoms with Crippen molar-refractivity contribution in [2.24, 2.45) is 16.2 Å². The quantitative estimate of drug-likeness (QED) is 0.206. The lowest BCUT2D eigenvalue weighted by Crippen LogP contribution is -2.55. The molecule has 224 valence electrons. The van der Waals surface area contributed by atoms with Crippen molar-refractivity contribution in [2.75, 3.05) is 18.1 Å². The Bertz CT molecular complexity index is 948. The van der Waals surface area contributed by atoms with Crippen LogP contribution in [0.1, 0.15) is 126 Å². The van der Waals surface area contributed by atoms with Crippen molar-refractivity contribution in [3.63, 3.8) is 0 Å². The Balaban J connectivity index is 1.65. The Labute approximate surface area is 247 Å². The van der Waals surface area contributed by atoms with Crippen molar-refractivity contribution in [3.8, 4) is 5.75 Å². The van der Waals surface area contributed by atoms with E-state index in [1.807, 2.05) is 0 Å². The van der Waals surface area contributed by atoms with Crippen LogP contribution in [0.4, 0.5) is 11.4 Å². The van der Waals surface area contributed by atoms with Crippen molar-refractivity contribution in [2.45, 2.75) is 132 Å². The van der Waals surface area contributed by atoms with E-state index in [9.17, 15) is 0 Å². The second-order valence-electron chi connectivity index (χ2n) is 14.1. The number of hydrogen-bond donors (Lipinski definition) is 0. The Hall–Kier alpha value is -2.00. The molecule has 0 aliphatic carbocycles. The number of hydrogen-bond acceptors (Lipinski definition) is 3. The minimum atomic E-state index is -0.0256. The van der Waals surface area contributed by atoms with Gasteiger partial charge < -0.3 is 14.4 Å². The molecule has 3 heteroatoms. The molecule has 0 amide bonds. The lowest BCUT2D eigenvalue weighted by molar-refractivity contribution is -0.158. The molecule has 40 heavy (non-hydrogen) atoms. The van der Waals surface area contributed by atoms with E-state index < -0.39 is 0 Å². The van der Waals surface area contributed by atoms with Crippen LogP contribution in [0.3, 0.4) is 0 Å². The highest BCUT2D eigenvalue weighted by Crippen LogP contribution is 2.57. The first kappa shape index (κ1) is 32.5. The molecule has 1 saturated heterocycles. The van der Waals surface area contributed by atoms with Crippen LogP contribution in [0.5, 0.6) is 5.75 Å². The molecule has 3 nitrogen and oxygen atoms in total. The third kappa shape index (κ3) is 8.51. The SMILES string of the molecule is CCCCCCCCCCCCOc1ccccc1N(c1ccccc1)C1CCC(C(C)(C)C)(C(C)(C)C)CO1. The summed E-state index contributed by atoms with van der Waals surface area (Å²) < 4.78 is 13.3. The van der Waals surface area contributed by atoms with E-state index in [2.05, 4.69) is 108 Å². The normalized spacial score (nSPS) is 17.5. The van der Waals surface area contributed by atoms with E-state index in [-0.39, 0.29) is 22.5 Å². The van der Waals surface area contributed by atoms with Crippen molar-refractivity contribution >= 4 is 11.4 Å². The lowest BCUT2D eigenvalue weighted by atomic mass is 9.52. The molecule has 0 N–H and O–H groups in total. The van der Waals surface area contributed by atoms with E-state index in [0.29, 0.717) is 0 Å². The van der Waals surface area contributed by atoms with Gasteiger partial charge in [0.05, 0.1) is 18.9 Å². The third-order valence-corrected chi connectivity index (χ3v) is 9.41. The number of unbranched alkanes of at least 4 members (excludes halogenated alkanes) is 9. The van der Waals surface area contributed by atoms with Gasteiger partial charge >= 0.3 is 0 Å². The average molecular weight is 550 g/mol. The molecule has 0 aromatic heterocycles. The number of anilines is 2. The van der Waals surface area contributed by atoms with Gasteiger partial charge in [-0.05, 0) is 54.4 Å². The Morgan fingerprint density at radius 2 is 1.30 bits per heavy atom. The average Bonchev–Trinajstić information content (AvgIpc) is 2.92. The molecule has 0 saturated carbocycles. The van der Waals surface area contributed by atoms with Crippen molar-refractivity contribution in [1.29, 1.82) is 0 Å². The van der Waals surface area contributed by atoms with Crippen molar-refractivity contribution < 1.29 is 9.47 Å². The molecule has 0 spiro atoms. The molecule has 2 aromatic rings. The Kier molecular flexibility index (Phi) is 12.4. The van der Waals surface area contributed by atoms with Crippen LogP contribution in [0.25, 0.3) is 0 Å². The van der Waals surface area contributed by atoms with Crippen molar-refractivity contribution in [1.82, 2.24) is 0 Å². The van der Waals surface area contributed by atoms with Gasteiger partial charge in [-0.25, -0.2) is 0 Å². The Morgan fingerprint density at radius 3 is 1.85 bits per heavy atom. The maximum absolute atomic E-state index is 6.85. The topological polar surface area (TPSA) is 21.7 Å². The summed E-state index contributed by atoms with van der Waals surface area (Å²) in [6.07, 6.45) is 15.4. The molecular formula is C37H59NO2. The maximum Gasteiger partial charge on any atom is 0.143 e. The van der Waals surface area contributed by atoms with Crippen LogP contribution in [0, 0.1) is 16.2 Å². The van der Waals surface area contributed by atoms with Gasteiger partial charge in [-0.2, -0.15) is 0 Å². The zero-order valence-corrected chi connectivity index (χ0v) is 26.9. The second-order valence-corrected chi connectivity index (χ2v) is 14.1. The molecule has 2 aromatic carbocycles. The fourth-order valence-electron chi connectivity index (χ4n) is 6.87. The first-order valence-electron chi connectivity index (χ1n) is 16.3. The summed E-state index contributed by atoms with van der Waals surface area (Å²) in [7, 11) is 0. The summed E-state index contributed by atoms with van der Waals surface area (Å²) in [5, 5.41) is 0. The summed E-state index contributed by atoms with van der Waals surface area (Å²) in [5.41, 5.74) is 2.68. The monoisotopic (exact) mass is 549 g/mol. The maximum atomic E-state index is 6.85. The molecule has 1 unspecified atom stereocenters. The molecule has 1 atom stereocenters. The minimum absolute atomic E-state index is 0.0256. The number of rotatable bonds is 15. The molecule has 0 bridgehead atoms. The van der Waals surface area contributed by atoms with E-state index >= 15 is 0 Å². The summed E-state index contributed by atoms with van der Waals surface area (Å²) >= 11 is 0. The standard InChI is InChI=1S/C37H59NO2/c1-8-9-10-11-12-13-14-15-16-22-29-39-33-26-21-20-25-32(33)38(31-23-18-17-19-24-31)34-27-28-37(30-40-34,35(2,3)4)36(5,6)7/h17-21,23-26,34H,8-16,22,27-30H2,1-7H3. The largest absolute Gasteiger partial charge is 0.491 e. The summed E-state index contributed by atoms with van der Waals surface area (Å²) in [6, 6.07) is 19.2. The molecule has 0 radical (unpaired) electrons. The van der Waals surface area contributed by atoms with Gasteiger partial charge in [0.1, 0.15) is 12.0 Å². The summed E-state index contributed by atoms with van der Waals surface area (Å²) in [4.78, 5) is 2.38. The van der Waals surface area contributed by atoms with Crippen LogP contribution >= 0.6 is 0 Å². The first-order valence-corrected chi connectivity index (χ1v) is 16.3. The first-order chi connectivity index (χ1) is 19.1. The zero-order chi connectivity index (χ0) is 29.1. The number of para-hydroxylation sites is 3. The molecule has 1 fully saturated rings. The highest BCUT2D eigenvalue weighted by Gasteiger charge is 2.53. The summed E-state index contributed by atoms with van der Waals surface area (Å²) in [6.45, 7) is 18.1. The molecule has 3 rings (SSSR count). The number of nitrogens with zero attached hydrogens (tertiary/aromatic N) is 1. The van der Waals surface area contributed by atoms with Gasteiger partial charge in [0.15, 0.2) is 0 Å². The van der Waals surface area contributed by atoms with Crippen LogP contribution in [0.15, 0.2) is 54.6 Å². The predicted molar refractivity (Wildman–Crippen MR) is 173 cm³/mol. The molecular weight excluding hydrogens is 490 g/mol.